The maximum absolute atomic E-state index is 12.3. The zero-order valence-electron chi connectivity index (χ0n) is 14.8. The number of rotatable bonds is 9. The highest BCUT2D eigenvalue weighted by atomic mass is 16.5. The molecule has 7 nitrogen and oxygen atoms in total. The fourth-order valence-electron chi connectivity index (χ4n) is 2.32. The van der Waals surface area contributed by atoms with Crippen molar-refractivity contribution in [3.8, 4) is 11.5 Å². The fraction of sp³-hybridized carbons (Fsp3) is 0.529. The highest BCUT2D eigenvalue weighted by Crippen LogP contribution is 2.29. The highest BCUT2D eigenvalue weighted by Gasteiger charge is 2.20. The second-order valence-corrected chi connectivity index (χ2v) is 5.79. The lowest BCUT2D eigenvalue weighted by Gasteiger charge is -2.25. The lowest BCUT2D eigenvalue weighted by molar-refractivity contribution is -0.139. The molecule has 1 aromatic rings. The molecule has 1 rings (SSSR count). The van der Waals surface area contributed by atoms with Crippen LogP contribution in [0, 0.1) is 0 Å². The minimum absolute atomic E-state index is 0.0145. The van der Waals surface area contributed by atoms with Crippen LogP contribution >= 0.6 is 0 Å². The van der Waals surface area contributed by atoms with Crippen LogP contribution in [0.4, 0.5) is 0 Å². The smallest absolute Gasteiger partial charge is 0.317 e. The van der Waals surface area contributed by atoms with Gasteiger partial charge in [0, 0.05) is 11.6 Å². The normalized spacial score (nSPS) is 12.1. The Morgan fingerprint density at radius 3 is 2.33 bits per heavy atom. The van der Waals surface area contributed by atoms with Gasteiger partial charge in [-0.05, 0) is 39.0 Å². The van der Waals surface area contributed by atoms with Crippen molar-refractivity contribution in [1.29, 1.82) is 0 Å². The molecule has 0 saturated heterocycles. The van der Waals surface area contributed by atoms with E-state index in [-0.39, 0.29) is 31.1 Å². The van der Waals surface area contributed by atoms with Crippen LogP contribution < -0.4 is 14.8 Å². The van der Waals surface area contributed by atoms with Gasteiger partial charge in [0.05, 0.1) is 33.4 Å². The van der Waals surface area contributed by atoms with Crippen LogP contribution in [0.5, 0.6) is 11.5 Å². The topological polar surface area (TPSA) is 88.1 Å². The summed E-state index contributed by atoms with van der Waals surface area (Å²) in [5.41, 5.74) is 0.791. The Kier molecular flexibility index (Phi) is 7.51. The molecule has 0 saturated carbocycles. The lowest BCUT2D eigenvalue weighted by atomic mass is 10.1. The number of hydrogen-bond acceptors (Lipinski definition) is 5. The van der Waals surface area contributed by atoms with Crippen LogP contribution in [0.3, 0.4) is 0 Å². The molecule has 0 heterocycles. The number of hydrogen-bond donors (Lipinski definition) is 2. The van der Waals surface area contributed by atoms with Gasteiger partial charge in [0.1, 0.15) is 11.5 Å². The van der Waals surface area contributed by atoms with Crippen molar-refractivity contribution in [3.63, 3.8) is 0 Å². The SMILES string of the molecule is COc1ccc(OC)c(C(C)NC(=O)CN(CC(=O)O)C(C)C)c1. The van der Waals surface area contributed by atoms with Crippen molar-refractivity contribution in [3.05, 3.63) is 23.8 Å². The van der Waals surface area contributed by atoms with Crippen molar-refractivity contribution in [1.82, 2.24) is 10.2 Å². The number of amides is 1. The molecule has 7 heteroatoms. The van der Waals surface area contributed by atoms with E-state index in [1.807, 2.05) is 20.8 Å². The van der Waals surface area contributed by atoms with E-state index in [1.165, 1.54) is 0 Å². The van der Waals surface area contributed by atoms with E-state index in [4.69, 9.17) is 14.6 Å². The van der Waals surface area contributed by atoms with Crippen LogP contribution in [-0.4, -0.2) is 55.2 Å². The second-order valence-electron chi connectivity index (χ2n) is 5.79. The van der Waals surface area contributed by atoms with E-state index >= 15 is 0 Å². The number of ether oxygens (including phenoxy) is 2. The van der Waals surface area contributed by atoms with Crippen molar-refractivity contribution in [2.45, 2.75) is 32.9 Å². The average Bonchev–Trinajstić information content (AvgIpc) is 2.52. The molecule has 1 atom stereocenters. The van der Waals surface area contributed by atoms with E-state index in [9.17, 15) is 9.59 Å². The molecule has 2 N–H and O–H groups in total. The molecule has 0 radical (unpaired) electrons. The summed E-state index contributed by atoms with van der Waals surface area (Å²) in [6.07, 6.45) is 0. The quantitative estimate of drug-likeness (QED) is 0.712. The van der Waals surface area contributed by atoms with E-state index in [2.05, 4.69) is 5.32 Å². The number of nitrogens with one attached hydrogen (secondary N) is 1. The number of aliphatic carboxylic acids is 1. The first-order valence-corrected chi connectivity index (χ1v) is 7.75. The predicted octanol–water partition coefficient (Wildman–Crippen LogP) is 1.68. The van der Waals surface area contributed by atoms with Gasteiger partial charge in [0.25, 0.3) is 0 Å². The van der Waals surface area contributed by atoms with Gasteiger partial charge in [-0.1, -0.05) is 0 Å². The molecule has 1 unspecified atom stereocenters. The summed E-state index contributed by atoms with van der Waals surface area (Å²) in [6, 6.07) is 5.02. The van der Waals surface area contributed by atoms with Crippen LogP contribution in [0.1, 0.15) is 32.4 Å². The third-order valence-corrected chi connectivity index (χ3v) is 3.70. The molecule has 0 aliphatic heterocycles. The van der Waals surface area contributed by atoms with Crippen LogP contribution in [-0.2, 0) is 9.59 Å². The van der Waals surface area contributed by atoms with Crippen molar-refractivity contribution in [2.75, 3.05) is 27.3 Å². The number of carbonyl (C=O) groups is 2. The number of methoxy groups -OCH3 is 2. The standard InChI is InChI=1S/C17H26N2O5/c1-11(2)19(10-17(21)22)9-16(20)18-12(3)14-8-13(23-4)6-7-15(14)24-5/h6-8,11-12H,9-10H2,1-5H3,(H,18,20)(H,21,22). The van der Waals surface area contributed by atoms with Gasteiger partial charge >= 0.3 is 5.97 Å². The van der Waals surface area contributed by atoms with E-state index in [0.29, 0.717) is 11.5 Å². The number of nitrogens with zero attached hydrogens (tertiary/aromatic N) is 1. The Labute approximate surface area is 142 Å². The van der Waals surface area contributed by atoms with Crippen molar-refractivity contribution < 1.29 is 24.2 Å². The van der Waals surface area contributed by atoms with Gasteiger partial charge in [0.2, 0.25) is 5.91 Å². The summed E-state index contributed by atoms with van der Waals surface area (Å²) in [7, 11) is 3.13. The Balaban J connectivity index is 2.81. The molecule has 134 valence electrons. The first-order chi connectivity index (χ1) is 11.3. The monoisotopic (exact) mass is 338 g/mol. The summed E-state index contributed by atoms with van der Waals surface area (Å²) in [6.45, 7) is 5.38. The van der Waals surface area contributed by atoms with Gasteiger partial charge in [0.15, 0.2) is 0 Å². The van der Waals surface area contributed by atoms with Gasteiger partial charge in [-0.25, -0.2) is 0 Å². The predicted molar refractivity (Wildman–Crippen MR) is 90.4 cm³/mol. The molecule has 1 amide bonds. The summed E-state index contributed by atoms with van der Waals surface area (Å²) in [4.78, 5) is 24.7. The molecule has 0 aliphatic rings. The van der Waals surface area contributed by atoms with E-state index < -0.39 is 5.97 Å². The zero-order chi connectivity index (χ0) is 18.3. The number of carboxylic acid groups (broad SMARTS) is 1. The minimum atomic E-state index is -0.959. The van der Waals surface area contributed by atoms with Gasteiger partial charge < -0.3 is 19.9 Å². The molecule has 0 spiro atoms. The van der Waals surface area contributed by atoms with Crippen LogP contribution in [0.2, 0.25) is 0 Å². The molecule has 24 heavy (non-hydrogen) atoms. The summed E-state index contributed by atoms with van der Waals surface area (Å²) >= 11 is 0. The van der Waals surface area contributed by atoms with Crippen LogP contribution in [0.25, 0.3) is 0 Å². The summed E-state index contributed by atoms with van der Waals surface area (Å²) < 4.78 is 10.5. The van der Waals surface area contributed by atoms with Gasteiger partial charge in [-0.3, -0.25) is 14.5 Å². The Hall–Kier alpha value is -2.28. The molecule has 0 aliphatic carbocycles. The lowest BCUT2D eigenvalue weighted by Crippen LogP contribution is -2.43. The Morgan fingerprint density at radius 2 is 1.83 bits per heavy atom. The third-order valence-electron chi connectivity index (χ3n) is 3.70. The van der Waals surface area contributed by atoms with E-state index in [1.54, 1.807) is 37.3 Å². The molecular formula is C17H26N2O5. The Bertz CT molecular complexity index is 574. The van der Waals surface area contributed by atoms with Gasteiger partial charge in [-0.15, -0.1) is 0 Å². The average molecular weight is 338 g/mol. The first-order valence-electron chi connectivity index (χ1n) is 7.75. The summed E-state index contributed by atoms with van der Waals surface area (Å²) in [5.74, 6) is 0.109. The largest absolute Gasteiger partial charge is 0.497 e. The van der Waals surface area contributed by atoms with Crippen LogP contribution in [0.15, 0.2) is 18.2 Å². The third kappa shape index (κ3) is 5.73. The van der Waals surface area contributed by atoms with E-state index in [0.717, 1.165) is 5.56 Å². The minimum Gasteiger partial charge on any atom is -0.497 e. The molecule has 0 fully saturated rings. The number of benzene rings is 1. The Morgan fingerprint density at radius 1 is 1.17 bits per heavy atom. The summed E-state index contributed by atoms with van der Waals surface area (Å²) in [5, 5.41) is 11.8. The maximum atomic E-state index is 12.3. The van der Waals surface area contributed by atoms with Crippen molar-refractivity contribution in [2.24, 2.45) is 0 Å². The first kappa shape index (κ1) is 19.8. The molecule has 0 bridgehead atoms. The molecule has 1 aromatic carbocycles. The molecule has 0 aromatic heterocycles. The zero-order valence-corrected chi connectivity index (χ0v) is 14.8. The second kappa shape index (κ2) is 9.12. The highest BCUT2D eigenvalue weighted by molar-refractivity contribution is 5.79. The number of carbonyl (C=O) groups excluding carboxylic acids is 1. The number of carboxylic acids is 1. The maximum Gasteiger partial charge on any atom is 0.317 e. The molecular weight excluding hydrogens is 312 g/mol. The van der Waals surface area contributed by atoms with Gasteiger partial charge in [-0.2, -0.15) is 0 Å². The fourth-order valence-corrected chi connectivity index (χ4v) is 2.32. The van der Waals surface area contributed by atoms with Crippen molar-refractivity contribution >= 4 is 11.9 Å².